The van der Waals surface area contributed by atoms with E-state index in [0.29, 0.717) is 0 Å². The molecule has 0 aliphatic carbocycles. The molecule has 0 saturated heterocycles. The molecule has 4 rings (SSSR count). The van der Waals surface area contributed by atoms with Crippen LogP contribution in [0.1, 0.15) is 11.1 Å². The quantitative estimate of drug-likeness (QED) is 0.208. The molecule has 0 unspecified atom stereocenters. The lowest BCUT2D eigenvalue weighted by Gasteiger charge is -2.12. The second-order valence-electron chi connectivity index (χ2n) is 5.98. The van der Waals surface area contributed by atoms with Crippen molar-refractivity contribution in [1.82, 2.24) is 0 Å². The van der Waals surface area contributed by atoms with Crippen LogP contribution in [0.15, 0.2) is 57.7 Å². The highest BCUT2D eigenvalue weighted by atomic mass is 19.4. The smallest absolute Gasteiger partial charge is 0.420 e. The van der Waals surface area contributed by atoms with Gasteiger partial charge in [-0.1, -0.05) is 18.2 Å². The van der Waals surface area contributed by atoms with Crippen LogP contribution >= 0.6 is 0 Å². The van der Waals surface area contributed by atoms with E-state index in [1.54, 1.807) is 0 Å². The van der Waals surface area contributed by atoms with E-state index >= 15 is 0 Å². The Hall–Kier alpha value is -3.03. The molecule has 27 heavy (non-hydrogen) atoms. The van der Waals surface area contributed by atoms with E-state index in [-0.39, 0.29) is 27.1 Å². The third kappa shape index (κ3) is 2.72. The van der Waals surface area contributed by atoms with Gasteiger partial charge < -0.3 is 4.42 Å². The Bertz CT molecular complexity index is 1270. The highest BCUT2D eigenvalue weighted by molar-refractivity contribution is 6.08. The van der Waals surface area contributed by atoms with Crippen molar-refractivity contribution in [3.05, 3.63) is 69.9 Å². The number of rotatable bonds is 0. The third-order valence-corrected chi connectivity index (χ3v) is 4.31. The molecule has 0 radical (unpaired) electrons. The molecule has 0 fully saturated rings. The predicted molar refractivity (Wildman–Crippen MR) is 87.5 cm³/mol. The summed E-state index contributed by atoms with van der Waals surface area (Å²) in [6, 6.07) is 8.37. The van der Waals surface area contributed by atoms with Gasteiger partial charge in [0.1, 0.15) is 5.58 Å². The van der Waals surface area contributed by atoms with Crippen LogP contribution in [0.3, 0.4) is 0 Å². The van der Waals surface area contributed by atoms with E-state index in [9.17, 15) is 31.1 Å². The number of fused-ring (bicyclic) bond motifs is 4. The lowest BCUT2D eigenvalue weighted by atomic mass is 10.0. The average Bonchev–Trinajstić information content (AvgIpc) is 2.59. The van der Waals surface area contributed by atoms with E-state index in [1.807, 2.05) is 0 Å². The first-order valence-corrected chi connectivity index (χ1v) is 7.64. The summed E-state index contributed by atoms with van der Waals surface area (Å²) in [5.41, 5.74) is -3.45. The fraction of sp³-hybridized carbons (Fsp3) is 0.105. The van der Waals surface area contributed by atoms with Gasteiger partial charge in [0.15, 0.2) is 5.58 Å². The molecule has 2 nitrogen and oxygen atoms in total. The second kappa shape index (κ2) is 5.48. The maximum Gasteiger partial charge on any atom is 0.420 e. The van der Waals surface area contributed by atoms with E-state index in [2.05, 4.69) is 0 Å². The van der Waals surface area contributed by atoms with Gasteiger partial charge in [0.25, 0.3) is 0 Å². The molecule has 138 valence electrons. The number of halogens is 6. The van der Waals surface area contributed by atoms with E-state index < -0.39 is 34.5 Å². The van der Waals surface area contributed by atoms with Gasteiger partial charge in [-0.2, -0.15) is 26.3 Å². The van der Waals surface area contributed by atoms with Gasteiger partial charge in [-0.05, 0) is 41.1 Å². The molecule has 0 saturated carbocycles. The summed E-state index contributed by atoms with van der Waals surface area (Å²) >= 11 is 0. The predicted octanol–water partition coefficient (Wildman–Crippen LogP) is 6.14. The molecule has 0 spiro atoms. The Morgan fingerprint density at radius 1 is 0.778 bits per heavy atom. The zero-order chi connectivity index (χ0) is 19.6. The van der Waals surface area contributed by atoms with Crippen LogP contribution < -0.4 is 5.43 Å². The fourth-order valence-electron chi connectivity index (χ4n) is 3.10. The molecule has 8 heteroatoms. The minimum absolute atomic E-state index is 0.0620. The van der Waals surface area contributed by atoms with Crippen molar-refractivity contribution in [3.8, 4) is 0 Å². The fourth-order valence-corrected chi connectivity index (χ4v) is 3.10. The molecule has 0 aliphatic heterocycles. The van der Waals surface area contributed by atoms with Crippen molar-refractivity contribution in [2.45, 2.75) is 12.4 Å². The summed E-state index contributed by atoms with van der Waals surface area (Å²) in [6.45, 7) is 0. The summed E-state index contributed by atoms with van der Waals surface area (Å²) in [7, 11) is 0. The molecule has 1 heterocycles. The lowest BCUT2D eigenvalue weighted by molar-refractivity contribution is -0.138. The maximum absolute atomic E-state index is 13.2. The summed E-state index contributed by atoms with van der Waals surface area (Å²) in [5.74, 6) is 0. The molecule has 0 atom stereocenters. The number of alkyl halides is 6. The molecular formula is C19H8F6O2. The largest absolute Gasteiger partial charge is 0.455 e. The zero-order valence-electron chi connectivity index (χ0n) is 13.2. The zero-order valence-corrected chi connectivity index (χ0v) is 13.2. The number of para-hydroxylation sites is 1. The van der Waals surface area contributed by atoms with Crippen LogP contribution in [0.2, 0.25) is 0 Å². The lowest BCUT2D eigenvalue weighted by Crippen LogP contribution is -2.10. The Morgan fingerprint density at radius 3 is 2.19 bits per heavy atom. The van der Waals surface area contributed by atoms with Gasteiger partial charge in [-0.3, -0.25) is 4.79 Å². The van der Waals surface area contributed by atoms with Gasteiger partial charge in [0.05, 0.1) is 21.9 Å². The number of benzene rings is 3. The summed E-state index contributed by atoms with van der Waals surface area (Å²) < 4.78 is 83.6. The van der Waals surface area contributed by atoms with E-state index in [4.69, 9.17) is 4.42 Å². The Morgan fingerprint density at radius 2 is 1.52 bits per heavy atom. The van der Waals surface area contributed by atoms with Crippen molar-refractivity contribution >= 4 is 32.7 Å². The van der Waals surface area contributed by atoms with Gasteiger partial charge in [-0.25, -0.2) is 0 Å². The minimum atomic E-state index is -4.72. The molecule has 0 bridgehead atoms. The van der Waals surface area contributed by atoms with E-state index in [0.717, 1.165) is 30.3 Å². The average molecular weight is 382 g/mol. The van der Waals surface area contributed by atoms with Crippen LogP contribution in [0, 0.1) is 0 Å². The van der Waals surface area contributed by atoms with Crippen LogP contribution in [-0.2, 0) is 12.4 Å². The Labute approximate surface area is 146 Å². The minimum Gasteiger partial charge on any atom is -0.455 e. The van der Waals surface area contributed by atoms with Gasteiger partial charge in [0, 0.05) is 0 Å². The standard InChI is InChI=1S/C19H8F6O2/c20-18(21,22)10-5-6-11-9(8-10)4-7-14-15(11)16(26)12-2-1-3-13(17(12)27-14)19(23,24)25/h1-8H. The maximum atomic E-state index is 13.2. The molecule has 3 aromatic carbocycles. The first kappa shape index (κ1) is 17.4. The molecular weight excluding hydrogens is 374 g/mol. The van der Waals surface area contributed by atoms with Gasteiger partial charge in [0.2, 0.25) is 5.43 Å². The normalized spacial score (nSPS) is 13.0. The second-order valence-corrected chi connectivity index (χ2v) is 5.98. The number of hydrogen-bond acceptors (Lipinski definition) is 2. The summed E-state index contributed by atoms with van der Waals surface area (Å²) in [4.78, 5) is 12.8. The van der Waals surface area contributed by atoms with Crippen molar-refractivity contribution in [1.29, 1.82) is 0 Å². The highest BCUT2D eigenvalue weighted by Crippen LogP contribution is 2.37. The van der Waals surface area contributed by atoms with Crippen LogP contribution in [-0.4, -0.2) is 0 Å². The molecule has 4 aromatic rings. The van der Waals surface area contributed by atoms with Gasteiger partial charge in [-0.15, -0.1) is 0 Å². The Kier molecular flexibility index (Phi) is 3.53. The number of hydrogen-bond donors (Lipinski definition) is 0. The first-order chi connectivity index (χ1) is 12.6. The van der Waals surface area contributed by atoms with Crippen molar-refractivity contribution in [2.24, 2.45) is 0 Å². The monoisotopic (exact) mass is 382 g/mol. The molecule has 1 aromatic heterocycles. The molecule has 0 N–H and O–H groups in total. The SMILES string of the molecule is O=c1c2cccc(C(F)(F)F)c2oc2ccc3cc(C(F)(F)F)ccc3c12. The highest BCUT2D eigenvalue weighted by Gasteiger charge is 2.34. The van der Waals surface area contributed by atoms with Crippen LogP contribution in [0.5, 0.6) is 0 Å². The summed E-state index contributed by atoms with van der Waals surface area (Å²) in [6.07, 6.45) is -9.28. The summed E-state index contributed by atoms with van der Waals surface area (Å²) in [5, 5.41) is -0.0396. The van der Waals surface area contributed by atoms with Crippen molar-refractivity contribution in [3.63, 3.8) is 0 Å². The van der Waals surface area contributed by atoms with Crippen LogP contribution in [0.4, 0.5) is 26.3 Å². The topological polar surface area (TPSA) is 30.2 Å². The van der Waals surface area contributed by atoms with E-state index in [1.165, 1.54) is 18.2 Å². The third-order valence-electron chi connectivity index (χ3n) is 4.31. The Balaban J connectivity index is 2.13. The van der Waals surface area contributed by atoms with Crippen molar-refractivity contribution in [2.75, 3.05) is 0 Å². The molecule has 0 aliphatic rings. The van der Waals surface area contributed by atoms with Crippen molar-refractivity contribution < 1.29 is 30.8 Å². The first-order valence-electron chi connectivity index (χ1n) is 7.64. The van der Waals surface area contributed by atoms with Gasteiger partial charge >= 0.3 is 12.4 Å². The van der Waals surface area contributed by atoms with Crippen LogP contribution in [0.25, 0.3) is 32.7 Å². The molecule has 0 amide bonds.